The molecule has 1 saturated heterocycles. The lowest BCUT2D eigenvalue weighted by molar-refractivity contribution is -0.137. The molecule has 1 aliphatic rings. The molecule has 1 fully saturated rings. The molecule has 28 heavy (non-hydrogen) atoms. The third kappa shape index (κ3) is 5.33. The number of anilines is 1. The number of thiocarbonyl (C=S) groups is 1. The molecule has 0 spiro atoms. The summed E-state index contributed by atoms with van der Waals surface area (Å²) in [6.45, 7) is 3.36. The highest BCUT2D eigenvalue weighted by Gasteiger charge is 2.30. The molecule has 2 aromatic carbocycles. The van der Waals surface area contributed by atoms with E-state index in [0.29, 0.717) is 30.4 Å². The van der Waals surface area contributed by atoms with Gasteiger partial charge in [0.1, 0.15) is 5.82 Å². The molecular formula is C19H18ClF4N3S. The monoisotopic (exact) mass is 431 g/mol. The average molecular weight is 432 g/mol. The lowest BCUT2D eigenvalue weighted by Crippen LogP contribution is -2.49. The normalized spacial score (nSPS) is 15.5. The molecule has 0 amide bonds. The van der Waals surface area contributed by atoms with E-state index in [2.05, 4.69) is 10.2 Å². The molecule has 0 unspecified atom stereocenters. The zero-order valence-corrected chi connectivity index (χ0v) is 16.3. The molecule has 0 radical (unpaired) electrons. The predicted octanol–water partition coefficient (Wildman–Crippen LogP) is 5.01. The van der Waals surface area contributed by atoms with Gasteiger partial charge in [-0.05, 0) is 48.1 Å². The molecule has 3 rings (SSSR count). The fourth-order valence-corrected chi connectivity index (χ4v) is 3.48. The number of halogens is 5. The molecule has 1 heterocycles. The van der Waals surface area contributed by atoms with Crippen molar-refractivity contribution in [1.29, 1.82) is 0 Å². The van der Waals surface area contributed by atoms with Gasteiger partial charge in [-0.15, -0.1) is 0 Å². The maximum absolute atomic E-state index is 13.3. The van der Waals surface area contributed by atoms with Crippen LogP contribution in [0.1, 0.15) is 11.1 Å². The third-order valence-electron chi connectivity index (χ3n) is 4.49. The minimum Gasteiger partial charge on any atom is -0.346 e. The van der Waals surface area contributed by atoms with Gasteiger partial charge in [-0.1, -0.05) is 23.7 Å². The zero-order chi connectivity index (χ0) is 20.3. The van der Waals surface area contributed by atoms with Crippen LogP contribution >= 0.6 is 23.8 Å². The quantitative estimate of drug-likeness (QED) is 0.543. The number of piperazine rings is 1. The zero-order valence-electron chi connectivity index (χ0n) is 14.8. The average Bonchev–Trinajstić information content (AvgIpc) is 2.65. The number of nitrogens with one attached hydrogen (secondary N) is 1. The van der Waals surface area contributed by atoms with Gasteiger partial charge in [-0.25, -0.2) is 4.39 Å². The molecule has 150 valence electrons. The molecule has 0 atom stereocenters. The van der Waals surface area contributed by atoms with Crippen molar-refractivity contribution in [2.75, 3.05) is 31.5 Å². The summed E-state index contributed by atoms with van der Waals surface area (Å²) in [5.74, 6) is -0.443. The summed E-state index contributed by atoms with van der Waals surface area (Å²) in [6, 6.07) is 9.63. The lowest BCUT2D eigenvalue weighted by Gasteiger charge is -2.36. The molecule has 0 saturated carbocycles. The van der Waals surface area contributed by atoms with Gasteiger partial charge < -0.3 is 10.2 Å². The summed E-state index contributed by atoms with van der Waals surface area (Å²) >= 11 is 11.2. The Morgan fingerprint density at radius 2 is 1.79 bits per heavy atom. The van der Waals surface area contributed by atoms with Crippen LogP contribution in [0.4, 0.5) is 23.2 Å². The first kappa shape index (κ1) is 20.8. The lowest BCUT2D eigenvalue weighted by atomic mass is 10.2. The number of hydrogen-bond donors (Lipinski definition) is 1. The maximum atomic E-state index is 13.3. The van der Waals surface area contributed by atoms with E-state index in [1.165, 1.54) is 12.1 Å². The molecule has 9 heteroatoms. The highest BCUT2D eigenvalue weighted by atomic mass is 35.5. The fraction of sp³-hybridized carbons (Fsp3) is 0.316. The topological polar surface area (TPSA) is 18.5 Å². The van der Waals surface area contributed by atoms with Gasteiger partial charge in [0.25, 0.3) is 0 Å². The van der Waals surface area contributed by atoms with Crippen LogP contribution < -0.4 is 5.32 Å². The van der Waals surface area contributed by atoms with Crippen LogP contribution in [-0.2, 0) is 12.7 Å². The minimum atomic E-state index is -4.39. The van der Waals surface area contributed by atoms with Crippen molar-refractivity contribution < 1.29 is 17.6 Å². The molecule has 1 N–H and O–H groups in total. The van der Waals surface area contributed by atoms with E-state index >= 15 is 0 Å². The van der Waals surface area contributed by atoms with Gasteiger partial charge >= 0.3 is 6.18 Å². The molecule has 1 aliphatic heterocycles. The van der Waals surface area contributed by atoms with Crippen LogP contribution in [-0.4, -0.2) is 41.1 Å². The number of rotatable bonds is 3. The molecule has 0 aromatic heterocycles. The standard InChI is InChI=1S/C19H18ClF4N3S/c20-16-10-13(4-5-17(16)21)12-26-6-8-27(9-7-26)18(28)25-15-3-1-2-14(11-15)19(22,23)24/h1-5,10-11H,6-9,12H2,(H,25,28). The van der Waals surface area contributed by atoms with Crippen molar-refractivity contribution >= 4 is 34.6 Å². The van der Waals surface area contributed by atoms with Crippen molar-refractivity contribution in [3.8, 4) is 0 Å². The van der Waals surface area contributed by atoms with Gasteiger partial charge in [0, 0.05) is 38.4 Å². The summed E-state index contributed by atoms with van der Waals surface area (Å²) in [6.07, 6.45) is -4.39. The number of hydrogen-bond acceptors (Lipinski definition) is 2. The predicted molar refractivity (Wildman–Crippen MR) is 106 cm³/mol. The number of benzene rings is 2. The molecule has 2 aromatic rings. The highest BCUT2D eigenvalue weighted by molar-refractivity contribution is 7.80. The van der Waals surface area contributed by atoms with E-state index in [-0.39, 0.29) is 5.02 Å². The van der Waals surface area contributed by atoms with E-state index in [1.807, 2.05) is 4.90 Å². The second kappa shape index (κ2) is 8.63. The second-order valence-electron chi connectivity index (χ2n) is 6.52. The van der Waals surface area contributed by atoms with Crippen molar-refractivity contribution in [2.45, 2.75) is 12.7 Å². The van der Waals surface area contributed by atoms with Gasteiger partial charge in [-0.3, -0.25) is 4.90 Å². The smallest absolute Gasteiger partial charge is 0.346 e. The van der Waals surface area contributed by atoms with Crippen molar-refractivity contribution in [2.24, 2.45) is 0 Å². The summed E-state index contributed by atoms with van der Waals surface area (Å²) in [4.78, 5) is 4.11. The van der Waals surface area contributed by atoms with Crippen molar-refractivity contribution in [3.63, 3.8) is 0 Å². The highest BCUT2D eigenvalue weighted by Crippen LogP contribution is 2.30. The van der Waals surface area contributed by atoms with Gasteiger partial charge in [-0.2, -0.15) is 13.2 Å². The third-order valence-corrected chi connectivity index (χ3v) is 5.14. The maximum Gasteiger partial charge on any atom is 0.416 e. The first-order valence-electron chi connectivity index (χ1n) is 8.62. The fourth-order valence-electron chi connectivity index (χ4n) is 2.98. The first-order chi connectivity index (χ1) is 13.2. The molecule has 0 bridgehead atoms. The Morgan fingerprint density at radius 3 is 2.43 bits per heavy atom. The summed E-state index contributed by atoms with van der Waals surface area (Å²) in [7, 11) is 0. The Bertz CT molecular complexity index is 851. The number of nitrogens with zero attached hydrogens (tertiary/aromatic N) is 2. The summed E-state index contributed by atoms with van der Waals surface area (Å²) < 4.78 is 51.7. The van der Waals surface area contributed by atoms with E-state index in [9.17, 15) is 17.6 Å². The Labute approximate surface area is 170 Å². The largest absolute Gasteiger partial charge is 0.416 e. The molecular weight excluding hydrogens is 414 g/mol. The van der Waals surface area contributed by atoms with Gasteiger partial charge in [0.15, 0.2) is 5.11 Å². The Balaban J connectivity index is 1.53. The van der Waals surface area contributed by atoms with Crippen LogP contribution in [0, 0.1) is 5.82 Å². The van der Waals surface area contributed by atoms with Crippen molar-refractivity contribution in [3.05, 3.63) is 64.4 Å². The van der Waals surface area contributed by atoms with Gasteiger partial charge in [0.05, 0.1) is 10.6 Å². The van der Waals surface area contributed by atoms with Gasteiger partial charge in [0.2, 0.25) is 0 Å². The Hall–Kier alpha value is -1.90. The van der Waals surface area contributed by atoms with Crippen LogP contribution in [0.5, 0.6) is 0 Å². The first-order valence-corrected chi connectivity index (χ1v) is 9.40. The summed E-state index contributed by atoms with van der Waals surface area (Å²) in [5, 5.41) is 3.37. The Morgan fingerprint density at radius 1 is 1.07 bits per heavy atom. The SMILES string of the molecule is Fc1ccc(CN2CCN(C(=S)Nc3cccc(C(F)(F)F)c3)CC2)cc1Cl. The van der Waals surface area contributed by atoms with Crippen LogP contribution in [0.2, 0.25) is 5.02 Å². The van der Waals surface area contributed by atoms with E-state index in [1.54, 1.807) is 18.2 Å². The summed E-state index contributed by atoms with van der Waals surface area (Å²) in [5.41, 5.74) is 0.510. The molecule has 3 nitrogen and oxygen atoms in total. The molecule has 0 aliphatic carbocycles. The minimum absolute atomic E-state index is 0.0996. The van der Waals surface area contributed by atoms with Crippen LogP contribution in [0.15, 0.2) is 42.5 Å². The number of alkyl halides is 3. The van der Waals surface area contributed by atoms with E-state index in [4.69, 9.17) is 23.8 Å². The second-order valence-corrected chi connectivity index (χ2v) is 7.31. The Kier molecular flexibility index (Phi) is 6.42. The van der Waals surface area contributed by atoms with E-state index < -0.39 is 17.6 Å². The van der Waals surface area contributed by atoms with Crippen LogP contribution in [0.3, 0.4) is 0 Å². The van der Waals surface area contributed by atoms with Crippen LogP contribution in [0.25, 0.3) is 0 Å². The van der Waals surface area contributed by atoms with Crippen molar-refractivity contribution in [1.82, 2.24) is 9.80 Å². The van der Waals surface area contributed by atoms with E-state index in [0.717, 1.165) is 30.8 Å².